The molecule has 21 heavy (non-hydrogen) atoms. The first-order valence-corrected chi connectivity index (χ1v) is 6.55. The standard InChI is InChI=1S/C14H10FN3O2S/c15-11-4-2-1-3-8(11)5-6-9-7-10(12(16)19)13(21-9)18-14(17)20/h1-4,7H,(H2,16,19)(H3,17,18,20). The van der Waals surface area contributed by atoms with Gasteiger partial charge in [0.1, 0.15) is 10.8 Å². The number of carbonyl (C=O) groups is 2. The van der Waals surface area contributed by atoms with E-state index < -0.39 is 17.8 Å². The maximum Gasteiger partial charge on any atom is 0.317 e. The molecule has 0 radical (unpaired) electrons. The molecule has 106 valence electrons. The summed E-state index contributed by atoms with van der Waals surface area (Å²) in [6, 6.07) is 6.67. The molecule has 5 nitrogen and oxygen atoms in total. The van der Waals surface area contributed by atoms with Crippen molar-refractivity contribution in [2.75, 3.05) is 5.32 Å². The number of primary amides is 2. The van der Waals surface area contributed by atoms with Crippen LogP contribution < -0.4 is 16.8 Å². The highest BCUT2D eigenvalue weighted by molar-refractivity contribution is 7.17. The molecule has 0 aliphatic heterocycles. The summed E-state index contributed by atoms with van der Waals surface area (Å²) in [6.45, 7) is 0. The summed E-state index contributed by atoms with van der Waals surface area (Å²) in [5.41, 5.74) is 10.5. The number of hydrogen-bond acceptors (Lipinski definition) is 3. The number of nitrogens with one attached hydrogen (secondary N) is 1. The third-order valence-electron chi connectivity index (χ3n) is 2.43. The molecule has 1 aromatic heterocycles. The zero-order valence-electron chi connectivity index (χ0n) is 10.6. The van der Waals surface area contributed by atoms with Crippen LogP contribution in [0.1, 0.15) is 20.8 Å². The van der Waals surface area contributed by atoms with Gasteiger partial charge in [-0.25, -0.2) is 9.18 Å². The Morgan fingerprint density at radius 3 is 2.52 bits per heavy atom. The molecule has 0 atom stereocenters. The molecule has 0 aliphatic carbocycles. The van der Waals surface area contributed by atoms with Crippen LogP contribution in [0.5, 0.6) is 0 Å². The highest BCUT2D eigenvalue weighted by atomic mass is 32.1. The zero-order chi connectivity index (χ0) is 15.4. The first-order chi connectivity index (χ1) is 9.97. The third-order valence-corrected chi connectivity index (χ3v) is 3.39. The predicted octanol–water partition coefficient (Wildman–Crippen LogP) is 1.88. The Morgan fingerprint density at radius 1 is 1.19 bits per heavy atom. The van der Waals surface area contributed by atoms with Gasteiger partial charge in [0.15, 0.2) is 0 Å². The van der Waals surface area contributed by atoms with Crippen molar-refractivity contribution < 1.29 is 14.0 Å². The van der Waals surface area contributed by atoms with E-state index in [1.54, 1.807) is 12.1 Å². The maximum atomic E-state index is 13.4. The number of nitrogens with two attached hydrogens (primary N) is 2. The fraction of sp³-hybridized carbons (Fsp3) is 0. The van der Waals surface area contributed by atoms with Gasteiger partial charge in [-0.3, -0.25) is 10.1 Å². The van der Waals surface area contributed by atoms with Gasteiger partial charge >= 0.3 is 6.03 Å². The van der Waals surface area contributed by atoms with Gasteiger partial charge in [0, 0.05) is 0 Å². The van der Waals surface area contributed by atoms with E-state index in [1.165, 1.54) is 18.2 Å². The van der Waals surface area contributed by atoms with Gasteiger partial charge < -0.3 is 11.5 Å². The molecule has 0 aliphatic rings. The average molecular weight is 303 g/mol. The molecule has 0 spiro atoms. The molecule has 5 N–H and O–H groups in total. The Hall–Kier alpha value is -2.85. The SMILES string of the molecule is NC(=O)Nc1sc(C#Cc2ccccc2F)cc1C(N)=O. The fourth-order valence-electron chi connectivity index (χ4n) is 1.53. The van der Waals surface area contributed by atoms with Crippen LogP contribution in [0.3, 0.4) is 0 Å². The minimum atomic E-state index is -0.812. The molecule has 3 amide bonds. The second-order valence-corrected chi connectivity index (χ2v) is 4.99. The van der Waals surface area contributed by atoms with Gasteiger partial charge in [-0.05, 0) is 18.2 Å². The van der Waals surface area contributed by atoms with E-state index in [2.05, 4.69) is 17.2 Å². The number of carbonyl (C=O) groups excluding carboxylic acids is 2. The van der Waals surface area contributed by atoms with Crippen molar-refractivity contribution in [2.24, 2.45) is 11.5 Å². The topological polar surface area (TPSA) is 98.2 Å². The number of benzene rings is 1. The normalized spacial score (nSPS) is 9.57. The van der Waals surface area contributed by atoms with E-state index in [0.717, 1.165) is 11.3 Å². The van der Waals surface area contributed by atoms with E-state index in [1.807, 2.05) is 0 Å². The van der Waals surface area contributed by atoms with E-state index >= 15 is 0 Å². The minimum Gasteiger partial charge on any atom is -0.366 e. The largest absolute Gasteiger partial charge is 0.366 e. The van der Waals surface area contributed by atoms with Crippen LogP contribution >= 0.6 is 11.3 Å². The second-order valence-electron chi connectivity index (χ2n) is 3.94. The van der Waals surface area contributed by atoms with Crippen molar-refractivity contribution in [2.45, 2.75) is 0 Å². The van der Waals surface area contributed by atoms with Crippen molar-refractivity contribution in [3.8, 4) is 11.8 Å². The molecule has 0 saturated heterocycles. The minimum absolute atomic E-state index is 0.108. The number of halogens is 1. The van der Waals surface area contributed by atoms with Crippen molar-refractivity contribution in [3.05, 3.63) is 52.2 Å². The summed E-state index contributed by atoms with van der Waals surface area (Å²) in [4.78, 5) is 22.6. The quantitative estimate of drug-likeness (QED) is 0.738. The lowest BCUT2D eigenvalue weighted by molar-refractivity contribution is 0.100. The van der Waals surface area contributed by atoms with Crippen molar-refractivity contribution >= 4 is 28.3 Å². The van der Waals surface area contributed by atoms with Crippen LogP contribution in [0.25, 0.3) is 0 Å². The van der Waals surface area contributed by atoms with Gasteiger partial charge in [-0.1, -0.05) is 24.0 Å². The smallest absolute Gasteiger partial charge is 0.317 e. The molecule has 0 saturated carbocycles. The first-order valence-electron chi connectivity index (χ1n) is 5.74. The summed E-state index contributed by atoms with van der Waals surface area (Å²) in [7, 11) is 0. The van der Waals surface area contributed by atoms with Gasteiger partial charge in [0.25, 0.3) is 5.91 Å². The summed E-state index contributed by atoms with van der Waals surface area (Å²) >= 11 is 1.03. The zero-order valence-corrected chi connectivity index (χ0v) is 11.5. The summed E-state index contributed by atoms with van der Waals surface area (Å²) in [6.07, 6.45) is 0. The van der Waals surface area contributed by atoms with E-state index in [-0.39, 0.29) is 16.1 Å². The fourth-order valence-corrected chi connectivity index (χ4v) is 2.45. The highest BCUT2D eigenvalue weighted by Gasteiger charge is 2.14. The molecular formula is C14H10FN3O2S. The van der Waals surface area contributed by atoms with Crippen molar-refractivity contribution in [1.29, 1.82) is 0 Å². The number of amides is 3. The summed E-state index contributed by atoms with van der Waals surface area (Å²) < 4.78 is 13.4. The second kappa shape index (κ2) is 6.07. The van der Waals surface area contributed by atoms with Crippen molar-refractivity contribution in [3.63, 3.8) is 0 Å². The lowest BCUT2D eigenvalue weighted by Gasteiger charge is -1.98. The molecule has 1 aromatic carbocycles. The van der Waals surface area contributed by atoms with E-state index in [0.29, 0.717) is 4.88 Å². The Bertz CT molecular complexity index is 774. The Kier molecular flexibility index (Phi) is 4.21. The first kappa shape index (κ1) is 14.6. The number of thiophene rings is 1. The maximum absolute atomic E-state index is 13.4. The number of anilines is 1. The van der Waals surface area contributed by atoms with Crippen LogP contribution in [0.15, 0.2) is 30.3 Å². The molecule has 7 heteroatoms. The Balaban J connectivity index is 2.36. The molecule has 2 aromatic rings. The summed E-state index contributed by atoms with van der Waals surface area (Å²) in [5, 5.41) is 2.51. The van der Waals surface area contributed by atoms with E-state index in [4.69, 9.17) is 11.5 Å². The predicted molar refractivity (Wildman–Crippen MR) is 78.4 cm³/mol. The summed E-state index contributed by atoms with van der Waals surface area (Å²) in [5.74, 6) is 4.22. The Morgan fingerprint density at radius 2 is 1.90 bits per heavy atom. The van der Waals surface area contributed by atoms with Gasteiger partial charge in [-0.15, -0.1) is 11.3 Å². The van der Waals surface area contributed by atoms with Crippen molar-refractivity contribution in [1.82, 2.24) is 0 Å². The highest BCUT2D eigenvalue weighted by Crippen LogP contribution is 2.27. The van der Waals surface area contributed by atoms with Crippen LogP contribution in [0, 0.1) is 17.7 Å². The van der Waals surface area contributed by atoms with Gasteiger partial charge in [0.05, 0.1) is 16.0 Å². The third kappa shape index (κ3) is 3.58. The number of hydrogen-bond donors (Lipinski definition) is 3. The molecule has 0 fully saturated rings. The average Bonchev–Trinajstić information content (AvgIpc) is 2.80. The number of rotatable bonds is 2. The lowest BCUT2D eigenvalue weighted by atomic mass is 10.2. The van der Waals surface area contributed by atoms with Crippen LogP contribution in [0.4, 0.5) is 14.2 Å². The Labute approximate surface area is 123 Å². The molecular weight excluding hydrogens is 293 g/mol. The monoisotopic (exact) mass is 303 g/mol. The van der Waals surface area contributed by atoms with Gasteiger partial charge in [-0.2, -0.15) is 0 Å². The molecule has 1 heterocycles. The molecule has 0 unspecified atom stereocenters. The van der Waals surface area contributed by atoms with Crippen LogP contribution in [0.2, 0.25) is 0 Å². The van der Waals surface area contributed by atoms with Gasteiger partial charge in [0.2, 0.25) is 0 Å². The molecule has 2 rings (SSSR count). The van der Waals surface area contributed by atoms with Crippen LogP contribution in [-0.4, -0.2) is 11.9 Å². The lowest BCUT2D eigenvalue weighted by Crippen LogP contribution is -2.21. The molecule has 0 bridgehead atoms. The van der Waals surface area contributed by atoms with E-state index in [9.17, 15) is 14.0 Å². The number of urea groups is 1. The van der Waals surface area contributed by atoms with Crippen LogP contribution in [-0.2, 0) is 0 Å².